The third-order valence-electron chi connectivity index (χ3n) is 3.44. The van der Waals surface area contributed by atoms with E-state index >= 15 is 0 Å². The molecule has 1 amide bonds. The Morgan fingerprint density at radius 1 is 1.36 bits per heavy atom. The highest BCUT2D eigenvalue weighted by Gasteiger charge is 2.22. The summed E-state index contributed by atoms with van der Waals surface area (Å²) >= 11 is 0. The van der Waals surface area contributed by atoms with Crippen molar-refractivity contribution >= 4 is 15.7 Å². The van der Waals surface area contributed by atoms with Gasteiger partial charge < -0.3 is 14.2 Å². The number of halogens is 1. The van der Waals surface area contributed by atoms with Crippen LogP contribution in [-0.4, -0.2) is 44.3 Å². The SMILES string of the molecule is COc1ccc(CN(C)C(=O)CS(=O)(=O)Cc2cc(C)no2)cc1F. The Balaban J connectivity index is 1.98. The molecule has 1 aromatic carbocycles. The number of rotatable bonds is 7. The molecule has 0 aliphatic heterocycles. The van der Waals surface area contributed by atoms with Crippen LogP contribution in [0.5, 0.6) is 5.75 Å². The highest BCUT2D eigenvalue weighted by atomic mass is 32.2. The standard InChI is InChI=1S/C16H19FN2O5S/c1-11-6-13(24-18-11)9-25(21,22)10-16(20)19(2)8-12-4-5-15(23-3)14(17)7-12/h4-7H,8-10H2,1-3H3. The molecule has 25 heavy (non-hydrogen) atoms. The second-order valence-corrected chi connectivity index (χ2v) is 7.75. The van der Waals surface area contributed by atoms with E-state index in [1.54, 1.807) is 13.0 Å². The fourth-order valence-corrected chi connectivity index (χ4v) is 3.49. The normalized spacial score (nSPS) is 11.4. The van der Waals surface area contributed by atoms with E-state index in [9.17, 15) is 17.6 Å². The molecule has 2 aromatic rings. The van der Waals surface area contributed by atoms with Crippen LogP contribution >= 0.6 is 0 Å². The number of amides is 1. The lowest BCUT2D eigenvalue weighted by molar-refractivity contribution is -0.127. The average Bonchev–Trinajstić information content (AvgIpc) is 2.91. The van der Waals surface area contributed by atoms with Crippen molar-refractivity contribution in [1.29, 1.82) is 0 Å². The molecular weight excluding hydrogens is 351 g/mol. The number of carbonyl (C=O) groups is 1. The summed E-state index contributed by atoms with van der Waals surface area (Å²) in [5.41, 5.74) is 1.09. The fourth-order valence-electron chi connectivity index (χ4n) is 2.22. The Morgan fingerprint density at radius 3 is 2.64 bits per heavy atom. The van der Waals surface area contributed by atoms with Crippen molar-refractivity contribution in [1.82, 2.24) is 10.1 Å². The average molecular weight is 370 g/mol. The van der Waals surface area contributed by atoms with Gasteiger partial charge in [0.05, 0.1) is 12.8 Å². The van der Waals surface area contributed by atoms with Crippen LogP contribution in [0, 0.1) is 12.7 Å². The van der Waals surface area contributed by atoms with E-state index in [1.165, 1.54) is 37.3 Å². The Kier molecular flexibility index (Phi) is 5.78. The molecule has 0 saturated carbocycles. The predicted molar refractivity (Wildman–Crippen MR) is 88.2 cm³/mol. The number of hydrogen-bond acceptors (Lipinski definition) is 6. The van der Waals surface area contributed by atoms with E-state index in [0.717, 1.165) is 0 Å². The lowest BCUT2D eigenvalue weighted by Crippen LogP contribution is -2.32. The summed E-state index contributed by atoms with van der Waals surface area (Å²) < 4.78 is 47.6. The molecule has 0 unspecified atom stereocenters. The predicted octanol–water partition coefficient (Wildman–Crippen LogP) is 1.70. The molecule has 0 atom stereocenters. The lowest BCUT2D eigenvalue weighted by Gasteiger charge is -2.17. The van der Waals surface area contributed by atoms with Crippen LogP contribution in [0.4, 0.5) is 4.39 Å². The maximum absolute atomic E-state index is 13.7. The second-order valence-electron chi connectivity index (χ2n) is 5.69. The molecular formula is C16H19FN2O5S. The van der Waals surface area contributed by atoms with Crippen molar-refractivity contribution in [3.05, 3.63) is 47.1 Å². The molecule has 2 rings (SSSR count). The van der Waals surface area contributed by atoms with E-state index < -0.39 is 33.1 Å². The van der Waals surface area contributed by atoms with Crippen molar-refractivity contribution in [2.45, 2.75) is 19.2 Å². The molecule has 1 aromatic heterocycles. The van der Waals surface area contributed by atoms with Gasteiger partial charge in [-0.25, -0.2) is 12.8 Å². The molecule has 1 heterocycles. The maximum atomic E-state index is 13.7. The van der Waals surface area contributed by atoms with Gasteiger partial charge in [0.1, 0.15) is 11.5 Å². The van der Waals surface area contributed by atoms with E-state index in [-0.39, 0.29) is 18.1 Å². The zero-order valence-electron chi connectivity index (χ0n) is 14.2. The first-order valence-corrected chi connectivity index (χ1v) is 9.21. The van der Waals surface area contributed by atoms with Gasteiger partial charge in [0.2, 0.25) is 5.91 Å². The minimum Gasteiger partial charge on any atom is -0.494 e. The topological polar surface area (TPSA) is 89.7 Å². The number of hydrogen-bond donors (Lipinski definition) is 0. The van der Waals surface area contributed by atoms with Crippen molar-refractivity contribution in [2.24, 2.45) is 0 Å². The van der Waals surface area contributed by atoms with Gasteiger partial charge in [0.15, 0.2) is 27.2 Å². The summed E-state index contributed by atoms with van der Waals surface area (Å²) in [6, 6.07) is 5.81. The van der Waals surface area contributed by atoms with Crippen molar-refractivity contribution in [2.75, 3.05) is 19.9 Å². The molecule has 0 saturated heterocycles. The quantitative estimate of drug-likeness (QED) is 0.737. The molecule has 0 aliphatic rings. The van der Waals surface area contributed by atoms with Gasteiger partial charge >= 0.3 is 0 Å². The molecule has 7 nitrogen and oxygen atoms in total. The Hall–Kier alpha value is -2.42. The smallest absolute Gasteiger partial charge is 0.237 e. The molecule has 0 fully saturated rings. The first-order chi connectivity index (χ1) is 11.7. The first kappa shape index (κ1) is 18.9. The van der Waals surface area contributed by atoms with Crippen LogP contribution < -0.4 is 4.74 Å². The fraction of sp³-hybridized carbons (Fsp3) is 0.375. The van der Waals surface area contributed by atoms with Crippen LogP contribution in [0.3, 0.4) is 0 Å². The Labute approximate surface area is 145 Å². The molecule has 0 bridgehead atoms. The van der Waals surface area contributed by atoms with Crippen molar-refractivity contribution in [3.8, 4) is 5.75 Å². The molecule has 0 spiro atoms. The van der Waals surface area contributed by atoms with Crippen LogP contribution in [0.2, 0.25) is 0 Å². The first-order valence-electron chi connectivity index (χ1n) is 7.39. The van der Waals surface area contributed by atoms with Gasteiger partial charge in [-0.05, 0) is 24.6 Å². The number of methoxy groups -OCH3 is 1. The molecule has 136 valence electrons. The minimum absolute atomic E-state index is 0.0800. The van der Waals surface area contributed by atoms with E-state index in [4.69, 9.17) is 9.26 Å². The number of benzene rings is 1. The Bertz CT molecular complexity index is 863. The number of aromatic nitrogens is 1. The second kappa shape index (κ2) is 7.64. The summed E-state index contributed by atoms with van der Waals surface area (Å²) in [5, 5.41) is 3.61. The van der Waals surface area contributed by atoms with Crippen molar-refractivity contribution in [3.63, 3.8) is 0 Å². The van der Waals surface area contributed by atoms with Crippen molar-refractivity contribution < 1.29 is 26.9 Å². The number of carbonyl (C=O) groups excluding carboxylic acids is 1. The highest BCUT2D eigenvalue weighted by Crippen LogP contribution is 2.18. The number of aryl methyl sites for hydroxylation is 1. The Morgan fingerprint density at radius 2 is 2.08 bits per heavy atom. The van der Waals surface area contributed by atoms with Gasteiger partial charge in [-0.15, -0.1) is 0 Å². The zero-order chi connectivity index (χ0) is 18.6. The molecule has 9 heteroatoms. The number of nitrogens with zero attached hydrogens (tertiary/aromatic N) is 2. The minimum atomic E-state index is -3.70. The van der Waals surface area contributed by atoms with Crippen LogP contribution in [0.15, 0.2) is 28.8 Å². The zero-order valence-corrected chi connectivity index (χ0v) is 15.0. The van der Waals surface area contributed by atoms with Gasteiger partial charge in [0, 0.05) is 19.7 Å². The molecule has 0 N–H and O–H groups in total. The van der Waals surface area contributed by atoms with Gasteiger partial charge in [-0.1, -0.05) is 11.2 Å². The summed E-state index contributed by atoms with van der Waals surface area (Å²) in [4.78, 5) is 13.4. The van der Waals surface area contributed by atoms with Gasteiger partial charge in [-0.2, -0.15) is 0 Å². The third kappa shape index (κ3) is 5.28. The summed E-state index contributed by atoms with van der Waals surface area (Å²) in [5.74, 6) is -1.92. The van der Waals surface area contributed by atoms with E-state index in [2.05, 4.69) is 5.16 Å². The largest absolute Gasteiger partial charge is 0.494 e. The van der Waals surface area contributed by atoms with Crippen LogP contribution in [0.1, 0.15) is 17.0 Å². The van der Waals surface area contributed by atoms with Gasteiger partial charge in [-0.3, -0.25) is 4.79 Å². The summed E-state index contributed by atoms with van der Waals surface area (Å²) in [6.45, 7) is 1.75. The van der Waals surface area contributed by atoms with Crippen LogP contribution in [-0.2, 0) is 26.9 Å². The van der Waals surface area contributed by atoms with E-state index in [1.807, 2.05) is 0 Å². The highest BCUT2D eigenvalue weighted by molar-refractivity contribution is 7.91. The van der Waals surface area contributed by atoms with Crippen LogP contribution in [0.25, 0.3) is 0 Å². The lowest BCUT2D eigenvalue weighted by atomic mass is 10.2. The van der Waals surface area contributed by atoms with Gasteiger partial charge in [0.25, 0.3) is 0 Å². The maximum Gasteiger partial charge on any atom is 0.237 e. The number of sulfone groups is 1. The summed E-state index contributed by atoms with van der Waals surface area (Å²) in [6.07, 6.45) is 0. The molecule has 0 aliphatic carbocycles. The third-order valence-corrected chi connectivity index (χ3v) is 4.86. The number of ether oxygens (including phenoxy) is 1. The summed E-state index contributed by atoms with van der Waals surface area (Å²) in [7, 11) is -0.883. The monoisotopic (exact) mass is 370 g/mol. The van der Waals surface area contributed by atoms with E-state index in [0.29, 0.717) is 11.3 Å². The molecule has 0 radical (unpaired) electrons.